The Balaban J connectivity index is 1.65. The fourth-order valence-corrected chi connectivity index (χ4v) is 5.73. The van der Waals surface area contributed by atoms with E-state index in [4.69, 9.17) is 9.73 Å². The van der Waals surface area contributed by atoms with Crippen molar-refractivity contribution in [3.05, 3.63) is 127 Å². The van der Waals surface area contributed by atoms with Crippen molar-refractivity contribution in [2.75, 3.05) is 6.61 Å². The van der Waals surface area contributed by atoms with Crippen LogP contribution in [0.15, 0.2) is 94.5 Å². The largest absolute Gasteiger partial charge is 0.463 e. The van der Waals surface area contributed by atoms with Crippen LogP contribution in [-0.2, 0) is 9.53 Å². The number of benzene rings is 2. The van der Waals surface area contributed by atoms with Crippen molar-refractivity contribution >= 4 is 40.1 Å². The fraction of sp³-hybridized carbons (Fsp3) is 0.133. The molecular formula is C30H24N4O3S. The molecule has 0 amide bonds. The molecule has 0 saturated heterocycles. The highest BCUT2D eigenvalue weighted by atomic mass is 32.1. The summed E-state index contributed by atoms with van der Waals surface area (Å²) in [7, 11) is 0. The number of thiazole rings is 1. The van der Waals surface area contributed by atoms with Crippen molar-refractivity contribution in [1.82, 2.24) is 14.5 Å². The number of H-pyrrole nitrogens is 1. The monoisotopic (exact) mass is 520 g/mol. The topological polar surface area (TPSA) is 89.3 Å². The minimum Gasteiger partial charge on any atom is -0.463 e. The Morgan fingerprint density at radius 3 is 2.66 bits per heavy atom. The van der Waals surface area contributed by atoms with Gasteiger partial charge >= 0.3 is 5.97 Å². The number of carbonyl (C=O) groups excluding carboxylic acids is 1. The van der Waals surface area contributed by atoms with E-state index in [-0.39, 0.29) is 12.2 Å². The molecule has 1 aliphatic heterocycles. The van der Waals surface area contributed by atoms with Gasteiger partial charge in [0.2, 0.25) is 0 Å². The van der Waals surface area contributed by atoms with Crippen LogP contribution in [0.3, 0.4) is 0 Å². The molecule has 6 rings (SSSR count). The number of pyridine rings is 1. The summed E-state index contributed by atoms with van der Waals surface area (Å²) in [4.78, 5) is 40.4. The number of carbonyl (C=O) groups is 1. The van der Waals surface area contributed by atoms with Crippen molar-refractivity contribution in [2.24, 2.45) is 4.99 Å². The highest BCUT2D eigenvalue weighted by Crippen LogP contribution is 2.35. The Morgan fingerprint density at radius 2 is 1.89 bits per heavy atom. The molecule has 0 radical (unpaired) electrons. The summed E-state index contributed by atoms with van der Waals surface area (Å²) in [6, 6.07) is 20.6. The Morgan fingerprint density at radius 1 is 1.11 bits per heavy atom. The second kappa shape index (κ2) is 9.72. The number of hydrogen-bond acceptors (Lipinski definition) is 6. The number of hydrogen-bond donors (Lipinski definition) is 1. The third-order valence-electron chi connectivity index (χ3n) is 6.54. The van der Waals surface area contributed by atoms with Crippen molar-refractivity contribution in [3.63, 3.8) is 0 Å². The number of aromatic nitrogens is 3. The molecule has 0 fully saturated rings. The number of rotatable bonds is 5. The predicted octanol–water partition coefficient (Wildman–Crippen LogP) is 4.12. The summed E-state index contributed by atoms with van der Waals surface area (Å²) in [6.45, 7) is 3.99. The number of nitrogens with one attached hydrogen (secondary N) is 1. The molecule has 0 bridgehead atoms. The molecule has 3 aromatic heterocycles. The normalized spacial score (nSPS) is 15.4. The van der Waals surface area contributed by atoms with Gasteiger partial charge in [-0.15, -0.1) is 0 Å². The van der Waals surface area contributed by atoms with Gasteiger partial charge in [0.25, 0.3) is 5.56 Å². The third-order valence-corrected chi connectivity index (χ3v) is 7.52. The number of esters is 1. The average Bonchev–Trinajstić information content (AvgIpc) is 3.49. The SMILES string of the molecule is CCOC(=O)C1=C(c2ccccc2)N=c2s/c(=C\c3c[nH]c4ncccc34)c(=O)n2C1c1ccc(C)cc1. The number of aryl methyl sites for hydroxylation is 1. The zero-order chi connectivity index (χ0) is 26.2. The van der Waals surface area contributed by atoms with Gasteiger partial charge in [0.05, 0.1) is 28.5 Å². The molecule has 8 heteroatoms. The smallest absolute Gasteiger partial charge is 0.338 e. The molecule has 2 aromatic carbocycles. The zero-order valence-electron chi connectivity index (χ0n) is 20.8. The van der Waals surface area contributed by atoms with Crippen LogP contribution in [0.1, 0.15) is 35.2 Å². The van der Waals surface area contributed by atoms with Crippen LogP contribution >= 0.6 is 11.3 Å². The van der Waals surface area contributed by atoms with Gasteiger partial charge in [-0.05, 0) is 37.6 Å². The molecule has 0 aliphatic carbocycles. The van der Waals surface area contributed by atoms with E-state index in [0.717, 1.165) is 33.3 Å². The molecule has 1 atom stereocenters. The van der Waals surface area contributed by atoms with E-state index in [2.05, 4.69) is 9.97 Å². The molecule has 0 spiro atoms. The predicted molar refractivity (Wildman–Crippen MR) is 148 cm³/mol. The van der Waals surface area contributed by atoms with Gasteiger partial charge in [0.1, 0.15) is 5.65 Å². The average molecular weight is 521 g/mol. The lowest BCUT2D eigenvalue weighted by atomic mass is 9.92. The molecule has 1 N–H and O–H groups in total. The maximum absolute atomic E-state index is 14.0. The van der Waals surface area contributed by atoms with Crippen LogP contribution in [0.4, 0.5) is 0 Å². The Hall–Kier alpha value is -4.56. The first-order valence-corrected chi connectivity index (χ1v) is 13.1. The number of ether oxygens (including phenoxy) is 1. The van der Waals surface area contributed by atoms with Crippen LogP contribution in [-0.4, -0.2) is 27.1 Å². The summed E-state index contributed by atoms with van der Waals surface area (Å²) >= 11 is 1.30. The summed E-state index contributed by atoms with van der Waals surface area (Å²) in [5.41, 5.74) is 4.93. The Labute approximate surface area is 222 Å². The lowest BCUT2D eigenvalue weighted by molar-refractivity contribution is -0.138. The van der Waals surface area contributed by atoms with Gasteiger partial charge in [-0.1, -0.05) is 71.5 Å². The molecule has 1 aliphatic rings. The standard InChI is InChI=1S/C30H24N4O3S/c1-3-37-29(36)24-25(19-8-5-4-6-9-19)33-30-34(26(24)20-13-11-18(2)12-14-20)28(35)23(38-30)16-21-17-32-27-22(21)10-7-15-31-27/h4-17,26H,3H2,1-2H3,(H,31,32)/b23-16-. The van der Waals surface area contributed by atoms with Gasteiger partial charge in [-0.2, -0.15) is 0 Å². The molecule has 38 heavy (non-hydrogen) atoms. The summed E-state index contributed by atoms with van der Waals surface area (Å²) < 4.78 is 7.65. The van der Waals surface area contributed by atoms with E-state index in [1.165, 1.54) is 11.3 Å². The summed E-state index contributed by atoms with van der Waals surface area (Å²) in [6.07, 6.45) is 5.42. The van der Waals surface area contributed by atoms with E-state index in [9.17, 15) is 9.59 Å². The second-order valence-corrected chi connectivity index (χ2v) is 9.99. The number of aromatic amines is 1. The third kappa shape index (κ3) is 4.09. The molecule has 1 unspecified atom stereocenters. The molecule has 5 aromatic rings. The quantitative estimate of drug-likeness (QED) is 0.353. The van der Waals surface area contributed by atoms with Gasteiger partial charge < -0.3 is 9.72 Å². The van der Waals surface area contributed by atoms with E-state index in [1.807, 2.05) is 85.9 Å². The van der Waals surface area contributed by atoms with E-state index in [1.54, 1.807) is 17.7 Å². The van der Waals surface area contributed by atoms with Gasteiger partial charge in [0.15, 0.2) is 4.80 Å². The van der Waals surface area contributed by atoms with Gasteiger partial charge in [-0.25, -0.2) is 14.8 Å². The summed E-state index contributed by atoms with van der Waals surface area (Å²) in [5.74, 6) is -0.488. The van der Waals surface area contributed by atoms with Crippen LogP contribution in [0.2, 0.25) is 0 Å². The minimum atomic E-state index is -0.687. The van der Waals surface area contributed by atoms with Crippen molar-refractivity contribution < 1.29 is 9.53 Å². The lowest BCUT2D eigenvalue weighted by Gasteiger charge is -2.26. The Kier molecular flexibility index (Phi) is 6.09. The van der Waals surface area contributed by atoms with Crippen LogP contribution < -0.4 is 14.9 Å². The fourth-order valence-electron chi connectivity index (χ4n) is 4.74. The van der Waals surface area contributed by atoms with Crippen molar-refractivity contribution in [1.29, 1.82) is 0 Å². The van der Waals surface area contributed by atoms with Gasteiger partial charge in [-0.3, -0.25) is 9.36 Å². The van der Waals surface area contributed by atoms with Gasteiger partial charge in [0, 0.05) is 28.9 Å². The summed E-state index contributed by atoms with van der Waals surface area (Å²) in [5, 5.41) is 0.922. The van der Waals surface area contributed by atoms with E-state index >= 15 is 0 Å². The van der Waals surface area contributed by atoms with Crippen LogP contribution in [0.5, 0.6) is 0 Å². The Bertz CT molecular complexity index is 1880. The highest BCUT2D eigenvalue weighted by Gasteiger charge is 2.35. The number of nitrogens with zero attached hydrogens (tertiary/aromatic N) is 3. The van der Waals surface area contributed by atoms with Crippen molar-refractivity contribution in [2.45, 2.75) is 19.9 Å². The first-order chi connectivity index (χ1) is 18.5. The zero-order valence-corrected chi connectivity index (χ0v) is 21.7. The first-order valence-electron chi connectivity index (χ1n) is 12.3. The maximum atomic E-state index is 14.0. The molecule has 4 heterocycles. The van der Waals surface area contributed by atoms with Crippen LogP contribution in [0, 0.1) is 6.92 Å². The molecule has 0 saturated carbocycles. The molecular weight excluding hydrogens is 496 g/mol. The second-order valence-electron chi connectivity index (χ2n) is 8.99. The molecule has 188 valence electrons. The van der Waals surface area contributed by atoms with E-state index < -0.39 is 12.0 Å². The highest BCUT2D eigenvalue weighted by molar-refractivity contribution is 7.07. The molecule has 7 nitrogen and oxygen atoms in total. The number of fused-ring (bicyclic) bond motifs is 2. The lowest BCUT2D eigenvalue weighted by Crippen LogP contribution is -2.40. The maximum Gasteiger partial charge on any atom is 0.338 e. The van der Waals surface area contributed by atoms with Crippen LogP contribution in [0.25, 0.3) is 22.8 Å². The first kappa shape index (κ1) is 23.8. The minimum absolute atomic E-state index is 0.212. The van der Waals surface area contributed by atoms with Crippen molar-refractivity contribution in [3.8, 4) is 0 Å². The van der Waals surface area contributed by atoms with E-state index in [0.29, 0.717) is 20.6 Å².